The molecular formula is C47H32N4. The van der Waals surface area contributed by atoms with E-state index in [1.165, 1.54) is 22.3 Å². The van der Waals surface area contributed by atoms with Crippen LogP contribution < -0.4 is 0 Å². The number of fused-ring (bicyclic) bond motifs is 4. The molecule has 2 heterocycles. The third kappa shape index (κ3) is 5.37. The first-order chi connectivity index (χ1) is 24.9. The van der Waals surface area contributed by atoms with Crippen LogP contribution in [0, 0.1) is 11.3 Å². The zero-order valence-corrected chi connectivity index (χ0v) is 28.3. The molecule has 0 saturated carbocycles. The number of para-hydroxylation sites is 1. The van der Waals surface area contributed by atoms with Gasteiger partial charge in [-0.25, -0.2) is 9.97 Å². The molecule has 4 nitrogen and oxygen atoms in total. The summed E-state index contributed by atoms with van der Waals surface area (Å²) in [7, 11) is 0. The zero-order chi connectivity index (χ0) is 34.5. The second-order valence-corrected chi connectivity index (χ2v) is 13.7. The van der Waals surface area contributed by atoms with E-state index in [0.29, 0.717) is 11.4 Å². The van der Waals surface area contributed by atoms with E-state index in [0.717, 1.165) is 61.2 Å². The van der Waals surface area contributed by atoms with Crippen LogP contribution in [0.15, 0.2) is 158 Å². The molecule has 6 aromatic carbocycles. The van der Waals surface area contributed by atoms with Crippen LogP contribution in [0.4, 0.5) is 0 Å². The van der Waals surface area contributed by atoms with Crippen molar-refractivity contribution in [3.63, 3.8) is 0 Å². The Morgan fingerprint density at radius 2 is 1.10 bits per heavy atom. The fraction of sp³-hybridized carbons (Fsp3) is 0.0638. The highest BCUT2D eigenvalue weighted by Gasteiger charge is 2.35. The predicted molar refractivity (Wildman–Crippen MR) is 207 cm³/mol. The van der Waals surface area contributed by atoms with E-state index in [1.807, 2.05) is 66.9 Å². The van der Waals surface area contributed by atoms with Gasteiger partial charge in [0.05, 0.1) is 28.5 Å². The molecule has 0 atom stereocenters. The lowest BCUT2D eigenvalue weighted by Crippen LogP contribution is -2.15. The Hall–Kier alpha value is -6.70. The summed E-state index contributed by atoms with van der Waals surface area (Å²) in [6.07, 6.45) is 1.96. The Balaban J connectivity index is 1.25. The zero-order valence-electron chi connectivity index (χ0n) is 28.3. The van der Waals surface area contributed by atoms with Crippen LogP contribution in [0.25, 0.3) is 78.2 Å². The fourth-order valence-corrected chi connectivity index (χ4v) is 7.39. The molecule has 2 aromatic heterocycles. The second-order valence-electron chi connectivity index (χ2n) is 13.7. The van der Waals surface area contributed by atoms with Crippen molar-refractivity contribution in [2.75, 3.05) is 0 Å². The predicted octanol–water partition coefficient (Wildman–Crippen LogP) is 11.5. The van der Waals surface area contributed by atoms with Crippen molar-refractivity contribution in [1.82, 2.24) is 15.0 Å². The molecule has 0 aliphatic heterocycles. The standard InChI is InChI=1S/C47H32N4/c1-47(2)41-21-30(28-48)17-19-39(41)40-20-18-33(26-42(40)47)35-23-36(38-22-34-15-9-10-16-43(34)49-29-38)25-37(24-35)45-27-44(31-11-5-3-6-12-31)50-46(51-45)32-13-7-4-8-14-32/h3-27,29H,1-2H3. The van der Waals surface area contributed by atoms with Gasteiger partial charge in [0.1, 0.15) is 0 Å². The SMILES string of the molecule is CC1(C)c2cc(C#N)ccc2-c2ccc(-c3cc(-c4cnc5ccccc5c4)cc(-c4cc(-c5ccccc5)nc(-c5ccccc5)n4)c3)cc21. The molecule has 1 aliphatic rings. The molecule has 51 heavy (non-hydrogen) atoms. The number of nitrogens with zero attached hydrogens (tertiary/aromatic N) is 4. The quantitative estimate of drug-likeness (QED) is 0.186. The van der Waals surface area contributed by atoms with Gasteiger partial charge < -0.3 is 0 Å². The number of hydrogen-bond acceptors (Lipinski definition) is 4. The van der Waals surface area contributed by atoms with Gasteiger partial charge in [0.2, 0.25) is 0 Å². The summed E-state index contributed by atoms with van der Waals surface area (Å²) in [5, 5.41) is 10.7. The highest BCUT2D eigenvalue weighted by atomic mass is 14.9. The summed E-state index contributed by atoms with van der Waals surface area (Å²) in [5.74, 6) is 0.681. The van der Waals surface area contributed by atoms with Crippen molar-refractivity contribution in [3.05, 3.63) is 175 Å². The fourth-order valence-electron chi connectivity index (χ4n) is 7.39. The van der Waals surface area contributed by atoms with E-state index in [4.69, 9.17) is 15.0 Å². The summed E-state index contributed by atoms with van der Waals surface area (Å²) in [4.78, 5) is 15.1. The molecule has 4 heteroatoms. The van der Waals surface area contributed by atoms with Crippen LogP contribution in [-0.4, -0.2) is 15.0 Å². The highest BCUT2D eigenvalue weighted by Crippen LogP contribution is 2.50. The van der Waals surface area contributed by atoms with Crippen LogP contribution >= 0.6 is 0 Å². The van der Waals surface area contributed by atoms with Gasteiger partial charge in [-0.15, -0.1) is 0 Å². The summed E-state index contributed by atoms with van der Waals surface area (Å²) in [6.45, 7) is 4.50. The normalized spacial score (nSPS) is 12.6. The van der Waals surface area contributed by atoms with Crippen molar-refractivity contribution >= 4 is 10.9 Å². The molecule has 0 amide bonds. The summed E-state index contributed by atoms with van der Waals surface area (Å²) in [5.41, 5.74) is 15.3. The lowest BCUT2D eigenvalue weighted by Gasteiger charge is -2.22. The Bertz CT molecular complexity index is 2610. The molecule has 8 aromatic rings. The van der Waals surface area contributed by atoms with Crippen molar-refractivity contribution < 1.29 is 0 Å². The van der Waals surface area contributed by atoms with Crippen molar-refractivity contribution in [3.8, 4) is 73.4 Å². The molecule has 240 valence electrons. The smallest absolute Gasteiger partial charge is 0.160 e. The summed E-state index contributed by atoms with van der Waals surface area (Å²) >= 11 is 0. The van der Waals surface area contributed by atoms with Gasteiger partial charge in [0.15, 0.2) is 5.82 Å². The number of pyridine rings is 1. The third-order valence-electron chi connectivity index (χ3n) is 10.1. The lowest BCUT2D eigenvalue weighted by molar-refractivity contribution is 0.660. The van der Waals surface area contributed by atoms with Gasteiger partial charge in [-0.3, -0.25) is 4.98 Å². The van der Waals surface area contributed by atoms with Crippen LogP contribution in [0.1, 0.15) is 30.5 Å². The largest absolute Gasteiger partial charge is 0.256 e. The maximum Gasteiger partial charge on any atom is 0.160 e. The minimum Gasteiger partial charge on any atom is -0.256 e. The third-order valence-corrected chi connectivity index (χ3v) is 10.1. The second kappa shape index (κ2) is 12.0. The maximum atomic E-state index is 9.65. The van der Waals surface area contributed by atoms with E-state index in [9.17, 15) is 5.26 Å². The van der Waals surface area contributed by atoms with E-state index >= 15 is 0 Å². The van der Waals surface area contributed by atoms with Gasteiger partial charge in [0.25, 0.3) is 0 Å². The summed E-state index contributed by atoms with van der Waals surface area (Å²) < 4.78 is 0. The Labute approximate surface area is 297 Å². The van der Waals surface area contributed by atoms with Gasteiger partial charge in [0, 0.05) is 39.3 Å². The van der Waals surface area contributed by atoms with Gasteiger partial charge in [-0.2, -0.15) is 5.26 Å². The molecule has 0 spiro atoms. The molecule has 9 rings (SSSR count). The monoisotopic (exact) mass is 652 g/mol. The van der Waals surface area contributed by atoms with Gasteiger partial charge in [-0.1, -0.05) is 111 Å². The van der Waals surface area contributed by atoms with Crippen molar-refractivity contribution in [1.29, 1.82) is 5.26 Å². The number of benzene rings is 6. The van der Waals surface area contributed by atoms with E-state index in [1.54, 1.807) is 0 Å². The van der Waals surface area contributed by atoms with Crippen LogP contribution in [0.5, 0.6) is 0 Å². The number of rotatable bonds is 5. The first-order valence-corrected chi connectivity index (χ1v) is 17.2. The first-order valence-electron chi connectivity index (χ1n) is 17.2. The van der Waals surface area contributed by atoms with Crippen LogP contribution in [-0.2, 0) is 5.41 Å². The molecule has 0 radical (unpaired) electrons. The van der Waals surface area contributed by atoms with Crippen molar-refractivity contribution in [2.45, 2.75) is 19.3 Å². The van der Waals surface area contributed by atoms with Crippen molar-refractivity contribution in [2.24, 2.45) is 0 Å². The maximum absolute atomic E-state index is 9.65. The number of hydrogen-bond donors (Lipinski definition) is 0. The Kier molecular flexibility index (Phi) is 7.15. The highest BCUT2D eigenvalue weighted by molar-refractivity contribution is 5.89. The Morgan fingerprint density at radius 1 is 0.490 bits per heavy atom. The van der Waals surface area contributed by atoms with E-state index in [-0.39, 0.29) is 5.41 Å². The van der Waals surface area contributed by atoms with E-state index in [2.05, 4.69) is 111 Å². The molecule has 0 saturated heterocycles. The number of aromatic nitrogens is 3. The molecular weight excluding hydrogens is 621 g/mol. The molecule has 1 aliphatic carbocycles. The van der Waals surface area contributed by atoms with Gasteiger partial charge >= 0.3 is 0 Å². The minimum absolute atomic E-state index is 0.252. The lowest BCUT2D eigenvalue weighted by atomic mass is 9.81. The topological polar surface area (TPSA) is 62.5 Å². The Morgan fingerprint density at radius 3 is 1.84 bits per heavy atom. The molecule has 0 unspecified atom stereocenters. The summed E-state index contributed by atoms with van der Waals surface area (Å²) in [6, 6.07) is 54.9. The average Bonchev–Trinajstić information content (AvgIpc) is 3.42. The first kappa shape index (κ1) is 30.4. The number of nitriles is 1. The molecule has 0 fully saturated rings. The van der Waals surface area contributed by atoms with Gasteiger partial charge in [-0.05, 0) is 93.5 Å². The minimum atomic E-state index is -0.252. The van der Waals surface area contributed by atoms with Crippen LogP contribution in [0.3, 0.4) is 0 Å². The molecule has 0 bridgehead atoms. The molecule has 0 N–H and O–H groups in total. The van der Waals surface area contributed by atoms with E-state index < -0.39 is 0 Å². The average molecular weight is 653 g/mol. The van der Waals surface area contributed by atoms with Crippen LogP contribution in [0.2, 0.25) is 0 Å².